The molecule has 142 valence electrons. The summed E-state index contributed by atoms with van der Waals surface area (Å²) in [5.74, 6) is -0.636. The number of carbonyl (C=O) groups excluding carboxylic acids is 2. The molecule has 0 aromatic heterocycles. The van der Waals surface area contributed by atoms with Crippen molar-refractivity contribution in [3.63, 3.8) is 0 Å². The highest BCUT2D eigenvalue weighted by Gasteiger charge is 2.44. The molecule has 1 saturated heterocycles. The topological polar surface area (TPSA) is 46.6 Å². The van der Waals surface area contributed by atoms with Crippen molar-refractivity contribution < 1.29 is 14.3 Å². The molecule has 1 aliphatic rings. The Bertz CT molecular complexity index is 812. The van der Waals surface area contributed by atoms with Crippen LogP contribution in [0.1, 0.15) is 37.8 Å². The number of imide groups is 1. The second-order valence-corrected chi connectivity index (χ2v) is 8.89. The molecule has 2 atom stereocenters. The monoisotopic (exact) mass is 429 g/mol. The van der Waals surface area contributed by atoms with E-state index in [1.807, 2.05) is 75.4 Å². The van der Waals surface area contributed by atoms with Crippen LogP contribution in [0.25, 0.3) is 0 Å². The molecular weight excluding hydrogens is 406 g/mol. The van der Waals surface area contributed by atoms with Gasteiger partial charge in [0.2, 0.25) is 5.91 Å². The van der Waals surface area contributed by atoms with Crippen LogP contribution in [0.4, 0.5) is 4.79 Å². The second-order valence-electron chi connectivity index (χ2n) is 7.98. The van der Waals surface area contributed by atoms with Gasteiger partial charge in [0.05, 0.1) is 12.0 Å². The summed E-state index contributed by atoms with van der Waals surface area (Å²) >= 11 is 3.44. The van der Waals surface area contributed by atoms with E-state index in [2.05, 4.69) is 15.9 Å². The van der Waals surface area contributed by atoms with E-state index >= 15 is 0 Å². The normalized spacial score (nSPS) is 18.3. The van der Waals surface area contributed by atoms with Crippen LogP contribution < -0.4 is 0 Å². The van der Waals surface area contributed by atoms with E-state index in [9.17, 15) is 9.59 Å². The number of carbonyl (C=O) groups is 2. The van der Waals surface area contributed by atoms with Gasteiger partial charge in [-0.2, -0.15) is 0 Å². The van der Waals surface area contributed by atoms with Gasteiger partial charge in [0.15, 0.2) is 0 Å². The van der Waals surface area contributed by atoms with Gasteiger partial charge in [0.1, 0.15) is 6.61 Å². The summed E-state index contributed by atoms with van der Waals surface area (Å²) in [7, 11) is 0. The Balaban J connectivity index is 1.91. The lowest BCUT2D eigenvalue weighted by molar-refractivity contribution is -0.133. The predicted octanol–water partition coefficient (Wildman–Crippen LogP) is 5.17. The van der Waals surface area contributed by atoms with Crippen molar-refractivity contribution in [1.29, 1.82) is 0 Å². The maximum Gasteiger partial charge on any atom is 0.417 e. The summed E-state index contributed by atoms with van der Waals surface area (Å²) in [6.07, 6.45) is 0.0440. The molecule has 3 rings (SSSR count). The molecular formula is C22H24BrNO3. The van der Waals surface area contributed by atoms with Gasteiger partial charge in [-0.1, -0.05) is 79.2 Å². The van der Waals surface area contributed by atoms with Gasteiger partial charge in [-0.25, -0.2) is 9.69 Å². The van der Waals surface area contributed by atoms with E-state index in [1.165, 1.54) is 4.90 Å². The third kappa shape index (κ3) is 4.41. The highest BCUT2D eigenvalue weighted by molar-refractivity contribution is 9.10. The van der Waals surface area contributed by atoms with Crippen LogP contribution >= 0.6 is 15.9 Å². The Morgan fingerprint density at radius 2 is 1.78 bits per heavy atom. The Morgan fingerprint density at radius 3 is 2.37 bits per heavy atom. The molecule has 1 aliphatic heterocycles. The minimum atomic E-state index is -0.549. The lowest BCUT2D eigenvalue weighted by atomic mass is 9.75. The molecule has 0 spiro atoms. The summed E-state index contributed by atoms with van der Waals surface area (Å²) in [6, 6.07) is 17.3. The Hall–Kier alpha value is -2.14. The van der Waals surface area contributed by atoms with Crippen LogP contribution in [-0.4, -0.2) is 29.5 Å². The van der Waals surface area contributed by atoms with Crippen LogP contribution in [0.15, 0.2) is 59.1 Å². The van der Waals surface area contributed by atoms with E-state index in [4.69, 9.17) is 4.74 Å². The summed E-state index contributed by atoms with van der Waals surface area (Å²) < 4.78 is 6.20. The van der Waals surface area contributed by atoms with E-state index in [0.717, 1.165) is 15.6 Å². The molecule has 0 bridgehead atoms. The fourth-order valence-corrected chi connectivity index (χ4v) is 3.84. The molecule has 2 amide bonds. The Labute approximate surface area is 168 Å². The number of benzene rings is 2. The number of ether oxygens (including phenoxy) is 1. The van der Waals surface area contributed by atoms with Crippen LogP contribution in [0.2, 0.25) is 0 Å². The van der Waals surface area contributed by atoms with Crippen molar-refractivity contribution in [2.45, 2.75) is 39.2 Å². The first-order valence-electron chi connectivity index (χ1n) is 9.06. The number of nitrogens with zero attached hydrogens (tertiary/aromatic N) is 1. The highest BCUT2D eigenvalue weighted by atomic mass is 79.9. The maximum absolute atomic E-state index is 13.5. The molecule has 2 aromatic carbocycles. The fourth-order valence-electron chi connectivity index (χ4n) is 3.57. The Morgan fingerprint density at radius 1 is 1.15 bits per heavy atom. The molecule has 0 saturated carbocycles. The van der Waals surface area contributed by atoms with Crippen LogP contribution in [0.3, 0.4) is 0 Å². The molecule has 0 radical (unpaired) electrons. The molecule has 2 aromatic rings. The zero-order chi connectivity index (χ0) is 19.6. The van der Waals surface area contributed by atoms with Crippen molar-refractivity contribution >= 4 is 27.9 Å². The van der Waals surface area contributed by atoms with Crippen molar-refractivity contribution in [1.82, 2.24) is 4.90 Å². The van der Waals surface area contributed by atoms with Crippen molar-refractivity contribution in [3.05, 3.63) is 70.2 Å². The minimum Gasteiger partial charge on any atom is -0.447 e. The van der Waals surface area contributed by atoms with Gasteiger partial charge < -0.3 is 4.74 Å². The first-order chi connectivity index (χ1) is 12.8. The fraction of sp³-hybridized carbons (Fsp3) is 0.364. The van der Waals surface area contributed by atoms with E-state index < -0.39 is 12.0 Å². The summed E-state index contributed by atoms with van der Waals surface area (Å²) in [5, 5.41) is 0. The molecule has 5 heteroatoms. The van der Waals surface area contributed by atoms with E-state index in [0.29, 0.717) is 6.42 Å². The largest absolute Gasteiger partial charge is 0.447 e. The van der Waals surface area contributed by atoms with E-state index in [1.54, 1.807) is 0 Å². The SMILES string of the molecule is CC(C)(C)[C@H](C(=O)N1C(=O)OC[C@H]1Cc1ccccc1)c1ccc(Br)cc1. The quantitative estimate of drug-likeness (QED) is 0.673. The van der Waals surface area contributed by atoms with Gasteiger partial charge in [0, 0.05) is 4.47 Å². The highest BCUT2D eigenvalue weighted by Crippen LogP contribution is 2.38. The zero-order valence-corrected chi connectivity index (χ0v) is 17.4. The number of hydrogen-bond acceptors (Lipinski definition) is 3. The Kier molecular flexibility index (Phi) is 5.70. The van der Waals surface area contributed by atoms with Crippen LogP contribution in [0.5, 0.6) is 0 Å². The standard InChI is InChI=1S/C22H24BrNO3/c1-22(2,3)19(16-9-11-17(23)12-10-16)20(25)24-18(14-27-21(24)26)13-15-7-5-4-6-8-15/h4-12,18-19H,13-14H2,1-3H3/t18-,19+/m1/s1. The number of rotatable bonds is 4. The summed E-state index contributed by atoms with van der Waals surface area (Å²) in [6.45, 7) is 6.29. The third-order valence-corrected chi connectivity index (χ3v) is 5.36. The third-order valence-electron chi connectivity index (χ3n) is 4.83. The molecule has 4 nitrogen and oxygen atoms in total. The van der Waals surface area contributed by atoms with Gasteiger partial charge in [-0.3, -0.25) is 4.79 Å². The van der Waals surface area contributed by atoms with Gasteiger partial charge in [-0.15, -0.1) is 0 Å². The zero-order valence-electron chi connectivity index (χ0n) is 15.8. The second kappa shape index (κ2) is 7.85. The number of hydrogen-bond donors (Lipinski definition) is 0. The maximum atomic E-state index is 13.5. The summed E-state index contributed by atoms with van der Waals surface area (Å²) in [4.78, 5) is 27.2. The lowest BCUT2D eigenvalue weighted by Crippen LogP contribution is -2.45. The summed E-state index contributed by atoms with van der Waals surface area (Å²) in [5.41, 5.74) is 1.63. The average Bonchev–Trinajstić information content (AvgIpc) is 2.97. The molecule has 0 unspecified atom stereocenters. The molecule has 0 aliphatic carbocycles. The first-order valence-corrected chi connectivity index (χ1v) is 9.86. The molecule has 1 fully saturated rings. The number of halogens is 1. The molecule has 0 N–H and O–H groups in total. The van der Waals surface area contributed by atoms with Crippen LogP contribution in [0, 0.1) is 5.41 Å². The number of cyclic esters (lactones) is 1. The van der Waals surface area contributed by atoms with Gasteiger partial charge >= 0.3 is 6.09 Å². The molecule has 27 heavy (non-hydrogen) atoms. The van der Waals surface area contributed by atoms with E-state index in [-0.39, 0.29) is 24.0 Å². The average molecular weight is 430 g/mol. The van der Waals surface area contributed by atoms with Gasteiger partial charge in [0.25, 0.3) is 0 Å². The van der Waals surface area contributed by atoms with Crippen LogP contribution in [-0.2, 0) is 16.0 Å². The van der Waals surface area contributed by atoms with Gasteiger partial charge in [-0.05, 0) is 35.1 Å². The molecule has 1 heterocycles. The smallest absolute Gasteiger partial charge is 0.417 e. The van der Waals surface area contributed by atoms with Crippen molar-refractivity contribution in [2.75, 3.05) is 6.61 Å². The van der Waals surface area contributed by atoms with Crippen molar-refractivity contribution in [3.8, 4) is 0 Å². The minimum absolute atomic E-state index is 0.201. The first kappa shape index (κ1) is 19.6. The predicted molar refractivity (Wildman–Crippen MR) is 108 cm³/mol. The van der Waals surface area contributed by atoms with Crippen molar-refractivity contribution in [2.24, 2.45) is 5.41 Å². The number of amides is 2. The lowest BCUT2D eigenvalue weighted by Gasteiger charge is -2.33.